The fourth-order valence-corrected chi connectivity index (χ4v) is 2.27. The normalized spacial score (nSPS) is 11.1. The molecule has 106 valence electrons. The summed E-state index contributed by atoms with van der Waals surface area (Å²) >= 11 is 3.05. The van der Waals surface area contributed by atoms with Gasteiger partial charge in [0, 0.05) is 16.5 Å². The number of halogens is 3. The first kappa shape index (κ1) is 14.6. The minimum absolute atomic E-state index is 0.0740. The number of aromatic carboxylic acids is 1. The average molecular weight is 346 g/mol. The molecule has 2 aromatic rings. The summed E-state index contributed by atoms with van der Waals surface area (Å²) in [5.74, 6) is -3.28. The van der Waals surface area contributed by atoms with Crippen molar-refractivity contribution in [1.82, 2.24) is 14.8 Å². The maximum atomic E-state index is 13.9. The van der Waals surface area contributed by atoms with Gasteiger partial charge in [0.2, 0.25) is 0 Å². The molecule has 0 amide bonds. The fourth-order valence-electron chi connectivity index (χ4n) is 1.69. The summed E-state index contributed by atoms with van der Waals surface area (Å²) in [6, 6.07) is 1.77. The van der Waals surface area contributed by atoms with Gasteiger partial charge in [-0.15, -0.1) is 5.10 Å². The molecule has 8 heteroatoms. The number of carboxylic acids is 1. The standard InChI is InChI=1S/C12H10BrF2N3O2/c1-5(2)11-16-10(12(19)20)17-18(11)9-7(13)3-6(14)4-8(9)15/h3-5H,1-2H3,(H,19,20). The van der Waals surface area contributed by atoms with Crippen LogP contribution in [-0.4, -0.2) is 25.8 Å². The number of aromatic nitrogens is 3. The minimum Gasteiger partial charge on any atom is -0.475 e. The van der Waals surface area contributed by atoms with Gasteiger partial charge in [0.1, 0.15) is 17.3 Å². The molecule has 0 saturated carbocycles. The second kappa shape index (κ2) is 5.28. The topological polar surface area (TPSA) is 68.0 Å². The molecule has 0 unspecified atom stereocenters. The number of carbonyl (C=O) groups is 1. The first-order valence-corrected chi connectivity index (χ1v) is 6.45. The molecule has 0 fully saturated rings. The maximum Gasteiger partial charge on any atom is 0.375 e. The van der Waals surface area contributed by atoms with Crippen molar-refractivity contribution in [2.75, 3.05) is 0 Å². The Labute approximate surface area is 121 Å². The van der Waals surface area contributed by atoms with E-state index >= 15 is 0 Å². The fraction of sp³-hybridized carbons (Fsp3) is 0.250. The molecule has 0 aliphatic carbocycles. The van der Waals surface area contributed by atoms with Crippen LogP contribution in [0.15, 0.2) is 16.6 Å². The number of rotatable bonds is 3. The smallest absolute Gasteiger partial charge is 0.375 e. The van der Waals surface area contributed by atoms with Crippen molar-refractivity contribution < 1.29 is 18.7 Å². The van der Waals surface area contributed by atoms with E-state index < -0.39 is 23.4 Å². The molecule has 1 aromatic heterocycles. The summed E-state index contributed by atoms with van der Waals surface area (Å²) in [4.78, 5) is 14.8. The van der Waals surface area contributed by atoms with Crippen molar-refractivity contribution in [3.8, 4) is 5.69 Å². The number of nitrogens with zero attached hydrogens (tertiary/aromatic N) is 3. The van der Waals surface area contributed by atoms with Gasteiger partial charge in [0.05, 0.1) is 0 Å². The third-order valence-corrected chi connectivity index (χ3v) is 3.14. The Bertz CT molecular complexity index is 662. The third-order valence-electron chi connectivity index (χ3n) is 2.53. The molecule has 1 N–H and O–H groups in total. The van der Waals surface area contributed by atoms with E-state index in [0.717, 1.165) is 10.7 Å². The van der Waals surface area contributed by atoms with Gasteiger partial charge in [0.25, 0.3) is 5.82 Å². The highest BCUT2D eigenvalue weighted by molar-refractivity contribution is 9.10. The molecule has 0 radical (unpaired) electrons. The quantitative estimate of drug-likeness (QED) is 0.927. The van der Waals surface area contributed by atoms with E-state index in [2.05, 4.69) is 26.0 Å². The van der Waals surface area contributed by atoms with E-state index in [4.69, 9.17) is 5.11 Å². The van der Waals surface area contributed by atoms with Crippen molar-refractivity contribution >= 4 is 21.9 Å². The average Bonchev–Trinajstić information content (AvgIpc) is 2.72. The second-order valence-electron chi connectivity index (χ2n) is 4.38. The molecule has 2 rings (SSSR count). The number of benzene rings is 1. The van der Waals surface area contributed by atoms with Gasteiger partial charge in [-0.05, 0) is 22.0 Å². The lowest BCUT2D eigenvalue weighted by atomic mass is 10.2. The van der Waals surface area contributed by atoms with E-state index in [1.54, 1.807) is 13.8 Å². The lowest BCUT2D eigenvalue weighted by Gasteiger charge is -2.11. The van der Waals surface area contributed by atoms with Crippen molar-refractivity contribution in [2.45, 2.75) is 19.8 Å². The van der Waals surface area contributed by atoms with Crippen LogP contribution in [0.5, 0.6) is 0 Å². The molecule has 0 atom stereocenters. The summed E-state index contributed by atoms with van der Waals surface area (Å²) in [6.07, 6.45) is 0. The van der Waals surface area contributed by atoms with Gasteiger partial charge >= 0.3 is 5.97 Å². The van der Waals surface area contributed by atoms with Gasteiger partial charge < -0.3 is 5.11 Å². The molecule has 0 bridgehead atoms. The van der Waals surface area contributed by atoms with Crippen molar-refractivity contribution in [2.24, 2.45) is 0 Å². The monoisotopic (exact) mass is 345 g/mol. The van der Waals surface area contributed by atoms with E-state index in [1.807, 2.05) is 0 Å². The van der Waals surface area contributed by atoms with Crippen LogP contribution in [0, 0.1) is 11.6 Å². The molecule has 0 saturated heterocycles. The molecule has 0 aliphatic heterocycles. The second-order valence-corrected chi connectivity index (χ2v) is 5.24. The van der Waals surface area contributed by atoms with Crippen molar-refractivity contribution in [3.63, 3.8) is 0 Å². The largest absolute Gasteiger partial charge is 0.475 e. The maximum absolute atomic E-state index is 13.9. The van der Waals surface area contributed by atoms with Gasteiger partial charge in [0.15, 0.2) is 5.82 Å². The van der Waals surface area contributed by atoms with E-state index in [0.29, 0.717) is 6.07 Å². The SMILES string of the molecule is CC(C)c1nc(C(=O)O)nn1-c1c(F)cc(F)cc1Br. The third kappa shape index (κ3) is 2.55. The Morgan fingerprint density at radius 2 is 2.05 bits per heavy atom. The predicted octanol–water partition coefficient (Wildman–Crippen LogP) is 3.13. The van der Waals surface area contributed by atoms with Gasteiger partial charge in [-0.2, -0.15) is 0 Å². The Kier molecular flexibility index (Phi) is 3.85. The van der Waals surface area contributed by atoms with Crippen molar-refractivity contribution in [1.29, 1.82) is 0 Å². The Balaban J connectivity index is 2.72. The molecule has 1 heterocycles. The zero-order chi connectivity index (χ0) is 15.0. The summed E-state index contributed by atoms with van der Waals surface area (Å²) in [7, 11) is 0. The Morgan fingerprint density at radius 3 is 2.55 bits per heavy atom. The predicted molar refractivity (Wildman–Crippen MR) is 70.0 cm³/mol. The summed E-state index contributed by atoms with van der Waals surface area (Å²) in [6.45, 7) is 3.53. The lowest BCUT2D eigenvalue weighted by molar-refractivity contribution is 0.0683. The van der Waals surface area contributed by atoms with Crippen molar-refractivity contribution in [3.05, 3.63) is 39.9 Å². The number of hydrogen-bond donors (Lipinski definition) is 1. The molecule has 20 heavy (non-hydrogen) atoms. The summed E-state index contributed by atoms with van der Waals surface area (Å²) in [5.41, 5.74) is -0.0740. The minimum atomic E-state index is -1.32. The van der Waals surface area contributed by atoms with E-state index in [-0.39, 0.29) is 21.9 Å². The van der Waals surface area contributed by atoms with Crippen LogP contribution in [0.1, 0.15) is 36.2 Å². The first-order chi connectivity index (χ1) is 9.31. The van der Waals surface area contributed by atoms with Gasteiger partial charge in [-0.25, -0.2) is 23.2 Å². The van der Waals surface area contributed by atoms with Crippen LogP contribution < -0.4 is 0 Å². The van der Waals surface area contributed by atoms with Crippen LogP contribution in [0.4, 0.5) is 8.78 Å². The van der Waals surface area contributed by atoms with Crippen LogP contribution in [-0.2, 0) is 0 Å². The summed E-state index contributed by atoms with van der Waals surface area (Å²) in [5, 5.41) is 12.7. The van der Waals surface area contributed by atoms with Gasteiger partial charge in [-0.1, -0.05) is 13.8 Å². The summed E-state index contributed by atoms with van der Waals surface area (Å²) < 4.78 is 28.3. The lowest BCUT2D eigenvalue weighted by Crippen LogP contribution is -2.08. The van der Waals surface area contributed by atoms with Crippen LogP contribution in [0.25, 0.3) is 5.69 Å². The molecule has 0 aliphatic rings. The molecule has 5 nitrogen and oxygen atoms in total. The van der Waals surface area contributed by atoms with Crippen LogP contribution in [0.2, 0.25) is 0 Å². The highest BCUT2D eigenvalue weighted by Crippen LogP contribution is 2.28. The van der Waals surface area contributed by atoms with Gasteiger partial charge in [-0.3, -0.25) is 0 Å². The highest BCUT2D eigenvalue weighted by Gasteiger charge is 2.22. The van der Waals surface area contributed by atoms with E-state index in [9.17, 15) is 13.6 Å². The molecular formula is C12H10BrF2N3O2. The number of hydrogen-bond acceptors (Lipinski definition) is 3. The highest BCUT2D eigenvalue weighted by atomic mass is 79.9. The molecule has 0 spiro atoms. The van der Waals surface area contributed by atoms with Crippen LogP contribution >= 0.6 is 15.9 Å². The Hall–Kier alpha value is -1.83. The molecular weight excluding hydrogens is 336 g/mol. The zero-order valence-electron chi connectivity index (χ0n) is 10.6. The zero-order valence-corrected chi connectivity index (χ0v) is 12.1. The van der Waals surface area contributed by atoms with E-state index in [1.165, 1.54) is 0 Å². The van der Waals surface area contributed by atoms with Crippen LogP contribution in [0.3, 0.4) is 0 Å². The Morgan fingerprint density at radius 1 is 1.40 bits per heavy atom. The molecule has 1 aromatic carbocycles. The first-order valence-electron chi connectivity index (χ1n) is 5.66. The number of carboxylic acid groups (broad SMARTS) is 1.